The van der Waals surface area contributed by atoms with Crippen molar-refractivity contribution in [1.29, 1.82) is 0 Å². The smallest absolute Gasteiger partial charge is 0.335 e. The maximum absolute atomic E-state index is 12.2. The van der Waals surface area contributed by atoms with Crippen molar-refractivity contribution in [3.05, 3.63) is 51.7 Å². The minimum atomic E-state index is -3.87. The van der Waals surface area contributed by atoms with E-state index in [1.807, 2.05) is 0 Å². The Morgan fingerprint density at radius 3 is 2.52 bits per heavy atom. The Kier molecular flexibility index (Phi) is 4.50. The fourth-order valence-corrected chi connectivity index (χ4v) is 3.73. The highest BCUT2D eigenvalue weighted by Gasteiger charge is 2.19. The third-order valence-corrected chi connectivity index (χ3v) is 5.03. The molecule has 1 aromatic carbocycles. The van der Waals surface area contributed by atoms with Gasteiger partial charge < -0.3 is 5.11 Å². The second-order valence-electron chi connectivity index (χ2n) is 3.93. The van der Waals surface area contributed by atoms with Crippen LogP contribution in [0.5, 0.6) is 0 Å². The topological polar surface area (TPSA) is 96.4 Å². The largest absolute Gasteiger partial charge is 0.478 e. The van der Waals surface area contributed by atoms with Crippen LogP contribution in [-0.2, 0) is 10.0 Å². The first-order valence-electron chi connectivity index (χ1n) is 5.47. The number of nitrogens with zero attached hydrogens (tertiary/aromatic N) is 1. The number of aromatic carboxylic acids is 1. The summed E-state index contributed by atoms with van der Waals surface area (Å²) in [6.45, 7) is 0. The number of carboxylic acid groups (broad SMARTS) is 1. The van der Waals surface area contributed by atoms with Crippen LogP contribution in [0.4, 0.5) is 5.69 Å². The van der Waals surface area contributed by atoms with Crippen LogP contribution in [-0.4, -0.2) is 24.5 Å². The minimum absolute atomic E-state index is 0.0195. The van der Waals surface area contributed by atoms with Crippen molar-refractivity contribution < 1.29 is 18.3 Å². The Bertz CT molecular complexity index is 793. The van der Waals surface area contributed by atoms with Gasteiger partial charge >= 0.3 is 5.97 Å². The predicted octanol–water partition coefficient (Wildman–Crippen LogP) is 3.00. The van der Waals surface area contributed by atoms with E-state index >= 15 is 0 Å². The molecule has 0 spiro atoms. The number of aromatic nitrogens is 1. The third-order valence-electron chi connectivity index (χ3n) is 2.45. The maximum atomic E-state index is 12.2. The van der Waals surface area contributed by atoms with Gasteiger partial charge in [-0.25, -0.2) is 18.2 Å². The second kappa shape index (κ2) is 6.00. The van der Waals surface area contributed by atoms with Crippen molar-refractivity contribution in [3.63, 3.8) is 0 Å². The standard InChI is InChI=1S/C12H8BrClN2O4S/c13-9-5-7(12(17)18)1-3-10(9)21(19,20)16-8-2-4-11(14)15-6-8/h1-6,16H,(H,17,18). The Hall–Kier alpha value is -1.64. The number of benzene rings is 1. The van der Waals surface area contributed by atoms with Crippen LogP contribution in [0.3, 0.4) is 0 Å². The van der Waals surface area contributed by atoms with Crippen LogP contribution in [0.1, 0.15) is 10.4 Å². The zero-order chi connectivity index (χ0) is 15.6. The molecule has 2 aromatic rings. The van der Waals surface area contributed by atoms with Crippen LogP contribution in [0.15, 0.2) is 45.9 Å². The van der Waals surface area contributed by atoms with E-state index in [0.717, 1.165) is 0 Å². The number of halogens is 2. The molecular weight excluding hydrogens is 384 g/mol. The highest BCUT2D eigenvalue weighted by Crippen LogP contribution is 2.25. The molecule has 0 radical (unpaired) electrons. The van der Waals surface area contributed by atoms with Crippen LogP contribution in [0, 0.1) is 0 Å². The molecule has 0 aliphatic heterocycles. The molecule has 0 amide bonds. The van der Waals surface area contributed by atoms with E-state index in [1.165, 1.54) is 36.5 Å². The molecule has 0 fully saturated rings. The molecule has 0 saturated carbocycles. The second-order valence-corrected chi connectivity index (χ2v) is 6.82. The number of rotatable bonds is 4. The van der Waals surface area contributed by atoms with E-state index in [-0.39, 0.29) is 25.8 Å². The summed E-state index contributed by atoms with van der Waals surface area (Å²) in [4.78, 5) is 14.5. The number of nitrogens with one attached hydrogen (secondary N) is 1. The number of hydrogen-bond acceptors (Lipinski definition) is 4. The van der Waals surface area contributed by atoms with E-state index in [4.69, 9.17) is 16.7 Å². The van der Waals surface area contributed by atoms with E-state index in [0.29, 0.717) is 0 Å². The average molecular weight is 392 g/mol. The molecule has 0 unspecified atom stereocenters. The van der Waals surface area contributed by atoms with Gasteiger partial charge in [0, 0.05) is 4.47 Å². The molecule has 0 atom stereocenters. The Morgan fingerprint density at radius 2 is 2.00 bits per heavy atom. The van der Waals surface area contributed by atoms with Crippen LogP contribution < -0.4 is 4.72 Å². The Labute approximate surface area is 134 Å². The molecule has 0 saturated heterocycles. The van der Waals surface area contributed by atoms with Gasteiger partial charge in [-0.15, -0.1) is 0 Å². The maximum Gasteiger partial charge on any atom is 0.335 e. The fourth-order valence-electron chi connectivity index (χ4n) is 1.50. The van der Waals surface area contributed by atoms with Crippen molar-refractivity contribution in [2.75, 3.05) is 4.72 Å². The number of pyridine rings is 1. The summed E-state index contributed by atoms with van der Waals surface area (Å²) in [5.74, 6) is -1.14. The quantitative estimate of drug-likeness (QED) is 0.781. The summed E-state index contributed by atoms with van der Waals surface area (Å²) in [6.07, 6.45) is 1.28. The molecule has 21 heavy (non-hydrogen) atoms. The SMILES string of the molecule is O=C(O)c1ccc(S(=O)(=O)Nc2ccc(Cl)nc2)c(Br)c1. The Morgan fingerprint density at radius 1 is 1.29 bits per heavy atom. The van der Waals surface area contributed by atoms with Gasteiger partial charge in [-0.05, 0) is 46.3 Å². The zero-order valence-corrected chi connectivity index (χ0v) is 13.4. The van der Waals surface area contributed by atoms with Crippen molar-refractivity contribution in [1.82, 2.24) is 4.98 Å². The van der Waals surface area contributed by atoms with Gasteiger partial charge in [0.15, 0.2) is 0 Å². The summed E-state index contributed by atoms with van der Waals surface area (Å²) >= 11 is 8.68. The van der Waals surface area contributed by atoms with E-state index in [2.05, 4.69) is 25.6 Å². The van der Waals surface area contributed by atoms with Crippen molar-refractivity contribution in [2.24, 2.45) is 0 Å². The van der Waals surface area contributed by atoms with Gasteiger partial charge in [0.25, 0.3) is 10.0 Å². The van der Waals surface area contributed by atoms with Gasteiger partial charge in [0.2, 0.25) is 0 Å². The third kappa shape index (κ3) is 3.72. The molecule has 1 aromatic heterocycles. The van der Waals surface area contributed by atoms with E-state index in [1.54, 1.807) is 0 Å². The molecule has 6 nitrogen and oxygen atoms in total. The van der Waals surface area contributed by atoms with Crippen molar-refractivity contribution >= 4 is 49.2 Å². The molecule has 0 aliphatic carbocycles. The van der Waals surface area contributed by atoms with Gasteiger partial charge in [-0.1, -0.05) is 11.6 Å². The number of carbonyl (C=O) groups is 1. The minimum Gasteiger partial charge on any atom is -0.478 e. The number of sulfonamides is 1. The molecular formula is C12H8BrClN2O4S. The lowest BCUT2D eigenvalue weighted by atomic mass is 10.2. The van der Waals surface area contributed by atoms with E-state index < -0.39 is 16.0 Å². The molecule has 2 rings (SSSR count). The predicted molar refractivity (Wildman–Crippen MR) is 81.2 cm³/mol. The lowest BCUT2D eigenvalue weighted by Crippen LogP contribution is -2.14. The summed E-state index contributed by atoms with van der Waals surface area (Å²) in [7, 11) is -3.87. The molecule has 0 aliphatic rings. The first-order chi connectivity index (χ1) is 9.79. The molecule has 9 heteroatoms. The number of carboxylic acids is 1. The van der Waals surface area contributed by atoms with Crippen molar-refractivity contribution in [3.8, 4) is 0 Å². The highest BCUT2D eigenvalue weighted by atomic mass is 79.9. The lowest BCUT2D eigenvalue weighted by Gasteiger charge is -2.10. The number of anilines is 1. The van der Waals surface area contributed by atoms with E-state index in [9.17, 15) is 13.2 Å². The molecule has 2 N–H and O–H groups in total. The molecule has 1 heterocycles. The molecule has 110 valence electrons. The molecule has 0 bridgehead atoms. The summed E-state index contributed by atoms with van der Waals surface area (Å²) in [5, 5.41) is 9.10. The lowest BCUT2D eigenvalue weighted by molar-refractivity contribution is 0.0696. The van der Waals surface area contributed by atoms with Gasteiger partial charge in [0.05, 0.1) is 17.4 Å². The summed E-state index contributed by atoms with van der Waals surface area (Å²) in [5.41, 5.74) is 0.225. The Balaban J connectivity index is 2.35. The van der Waals surface area contributed by atoms with Gasteiger partial charge in [0.1, 0.15) is 10.0 Å². The summed E-state index contributed by atoms with van der Waals surface area (Å²) in [6, 6.07) is 6.55. The van der Waals surface area contributed by atoms with Crippen molar-refractivity contribution in [2.45, 2.75) is 4.90 Å². The number of hydrogen-bond donors (Lipinski definition) is 2. The van der Waals surface area contributed by atoms with Gasteiger partial charge in [-0.3, -0.25) is 4.72 Å². The first kappa shape index (κ1) is 15.7. The normalized spacial score (nSPS) is 11.1. The zero-order valence-electron chi connectivity index (χ0n) is 10.2. The first-order valence-corrected chi connectivity index (χ1v) is 8.12. The average Bonchev–Trinajstić information content (AvgIpc) is 2.40. The summed E-state index contributed by atoms with van der Waals surface area (Å²) < 4.78 is 27.0. The van der Waals surface area contributed by atoms with Crippen LogP contribution in [0.2, 0.25) is 5.15 Å². The monoisotopic (exact) mass is 390 g/mol. The van der Waals surface area contributed by atoms with Gasteiger partial charge in [-0.2, -0.15) is 0 Å². The fraction of sp³-hybridized carbons (Fsp3) is 0. The van der Waals surface area contributed by atoms with Crippen LogP contribution >= 0.6 is 27.5 Å². The highest BCUT2D eigenvalue weighted by molar-refractivity contribution is 9.10. The van der Waals surface area contributed by atoms with Crippen LogP contribution in [0.25, 0.3) is 0 Å².